The first kappa shape index (κ1) is 25.6. The summed E-state index contributed by atoms with van der Waals surface area (Å²) >= 11 is 0. The molecule has 0 aliphatic carbocycles. The molecule has 0 spiro atoms. The number of unbranched alkanes of at least 4 members (excludes halogenated alkanes) is 2. The summed E-state index contributed by atoms with van der Waals surface area (Å²) in [5.74, 6) is -0.135. The number of benzene rings is 4. The highest BCUT2D eigenvalue weighted by molar-refractivity contribution is 7.95. The van der Waals surface area contributed by atoms with Crippen LogP contribution in [0.5, 0.6) is 0 Å². The molecule has 178 valence electrons. The zero-order valence-corrected chi connectivity index (χ0v) is 22.8. The molecule has 0 aliphatic rings. The number of nitrogens with zero attached hydrogens (tertiary/aromatic N) is 1. The third-order valence-electron chi connectivity index (χ3n) is 6.72. The maximum absolute atomic E-state index is 14.4. The molecule has 0 radical (unpaired) electrons. The van der Waals surface area contributed by atoms with Crippen molar-refractivity contribution in [2.24, 2.45) is 0 Å². The average molecular weight is 593 g/mol. The van der Waals surface area contributed by atoms with Gasteiger partial charge >= 0.3 is 0 Å². The van der Waals surface area contributed by atoms with E-state index in [-0.39, 0.29) is 29.8 Å². The van der Waals surface area contributed by atoms with E-state index in [2.05, 4.69) is 95.6 Å². The summed E-state index contributed by atoms with van der Waals surface area (Å²) in [5, 5.41) is 5.28. The number of rotatable bonds is 9. The summed E-state index contributed by atoms with van der Waals surface area (Å²) in [6.07, 6.45) is 6.43. The summed E-state index contributed by atoms with van der Waals surface area (Å²) in [4.78, 5) is 0. The fourth-order valence-corrected chi connectivity index (χ4v) is 9.50. The van der Waals surface area contributed by atoms with Gasteiger partial charge in [-0.1, -0.05) is 66.7 Å². The van der Waals surface area contributed by atoms with Gasteiger partial charge < -0.3 is 28.5 Å². The molecule has 5 aromatic rings. The first-order valence-corrected chi connectivity index (χ1v) is 14.0. The van der Waals surface area contributed by atoms with Crippen LogP contribution in [-0.2, 0) is 6.54 Å². The monoisotopic (exact) mass is 593 g/mol. The lowest BCUT2D eigenvalue weighted by Crippen LogP contribution is -3.00. The molecule has 1 nitrogen and oxygen atoms in total. The van der Waals surface area contributed by atoms with Crippen molar-refractivity contribution in [2.45, 2.75) is 25.8 Å². The van der Waals surface area contributed by atoms with Crippen molar-refractivity contribution < 1.29 is 28.4 Å². The molecule has 0 saturated heterocycles. The number of hydrogen-bond donors (Lipinski definition) is 0. The minimum absolute atomic E-state index is 0. The van der Waals surface area contributed by atoms with Gasteiger partial charge in [0.2, 0.25) is 0 Å². The van der Waals surface area contributed by atoms with Crippen molar-refractivity contribution in [2.75, 3.05) is 6.16 Å². The summed E-state index contributed by atoms with van der Waals surface area (Å²) in [6.45, 7) is 0.845. The Labute approximate surface area is 225 Å². The number of aryl methyl sites for hydroxylation is 1. The number of halogens is 2. The van der Waals surface area contributed by atoms with Crippen molar-refractivity contribution in [3.63, 3.8) is 0 Å². The largest absolute Gasteiger partial charge is 1.00 e. The van der Waals surface area contributed by atoms with Crippen LogP contribution in [0.1, 0.15) is 19.3 Å². The Morgan fingerprint density at radius 2 is 1.11 bits per heavy atom. The van der Waals surface area contributed by atoms with Gasteiger partial charge in [-0.25, -0.2) is 4.39 Å². The third kappa shape index (κ3) is 5.37. The maximum atomic E-state index is 14.4. The van der Waals surface area contributed by atoms with Crippen molar-refractivity contribution in [3.8, 4) is 0 Å². The lowest BCUT2D eigenvalue weighted by Gasteiger charge is -2.27. The lowest BCUT2D eigenvalue weighted by atomic mass is 10.2. The van der Waals surface area contributed by atoms with E-state index in [1.807, 2.05) is 18.3 Å². The van der Waals surface area contributed by atoms with E-state index in [4.69, 9.17) is 0 Å². The second-order valence-electron chi connectivity index (χ2n) is 8.79. The Bertz CT molecular complexity index is 1240. The van der Waals surface area contributed by atoms with Gasteiger partial charge in [0.15, 0.2) is 0 Å². The molecule has 1 aromatic heterocycles. The van der Waals surface area contributed by atoms with Gasteiger partial charge in [0.25, 0.3) is 0 Å². The fraction of sp³-hybridized carbons (Fsp3) is 0.161. The first-order chi connectivity index (χ1) is 16.8. The SMILES string of the molecule is Fc1cccc2ccn(CCCCC[P+](c3ccccc3)(c3ccccc3)c3ccccc3)c12.[I-]. The summed E-state index contributed by atoms with van der Waals surface area (Å²) in [6, 6.07) is 40.5. The molecule has 4 heteroatoms. The lowest BCUT2D eigenvalue weighted by molar-refractivity contribution is -0.00000718. The van der Waals surface area contributed by atoms with E-state index in [9.17, 15) is 4.39 Å². The summed E-state index contributed by atoms with van der Waals surface area (Å²) < 4.78 is 16.4. The van der Waals surface area contributed by atoms with Crippen LogP contribution in [0.25, 0.3) is 10.9 Å². The fourth-order valence-electron chi connectivity index (χ4n) is 5.09. The zero-order valence-electron chi connectivity index (χ0n) is 19.7. The van der Waals surface area contributed by atoms with Crippen LogP contribution in [0.3, 0.4) is 0 Å². The van der Waals surface area contributed by atoms with Gasteiger partial charge in [0.05, 0.1) is 11.7 Å². The molecule has 1 heterocycles. The van der Waals surface area contributed by atoms with Crippen LogP contribution < -0.4 is 39.9 Å². The van der Waals surface area contributed by atoms with E-state index in [1.165, 1.54) is 15.9 Å². The number of fused-ring (bicyclic) bond motifs is 1. The van der Waals surface area contributed by atoms with Crippen LogP contribution >= 0.6 is 7.26 Å². The Balaban J connectivity index is 0.00000289. The molecule has 4 aromatic carbocycles. The molecule has 0 atom stereocenters. The highest BCUT2D eigenvalue weighted by Crippen LogP contribution is 2.55. The number of para-hydroxylation sites is 1. The van der Waals surface area contributed by atoms with Crippen LogP contribution in [0.2, 0.25) is 0 Å². The van der Waals surface area contributed by atoms with E-state index in [0.29, 0.717) is 0 Å². The topological polar surface area (TPSA) is 4.93 Å². The maximum Gasteiger partial charge on any atom is 0.147 e. The molecule has 0 saturated carbocycles. The van der Waals surface area contributed by atoms with Gasteiger partial charge in [-0.05, 0) is 67.8 Å². The van der Waals surface area contributed by atoms with Crippen LogP contribution in [0.15, 0.2) is 121 Å². The number of aromatic nitrogens is 1. The minimum Gasteiger partial charge on any atom is -1.00 e. The van der Waals surface area contributed by atoms with E-state index in [1.54, 1.807) is 12.1 Å². The summed E-state index contributed by atoms with van der Waals surface area (Å²) in [5.41, 5.74) is 0.724. The van der Waals surface area contributed by atoms with Gasteiger partial charge in [0, 0.05) is 18.1 Å². The second kappa shape index (κ2) is 12.0. The predicted molar refractivity (Wildman–Crippen MR) is 146 cm³/mol. The number of hydrogen-bond acceptors (Lipinski definition) is 0. The van der Waals surface area contributed by atoms with Crippen LogP contribution in [0.4, 0.5) is 4.39 Å². The molecular formula is C31H30FINP. The third-order valence-corrected chi connectivity index (χ3v) is 11.2. The Morgan fingerprint density at radius 3 is 1.66 bits per heavy atom. The smallest absolute Gasteiger partial charge is 0.147 e. The molecule has 0 fully saturated rings. The molecule has 0 bridgehead atoms. The molecule has 5 rings (SSSR count). The van der Waals surface area contributed by atoms with Crippen molar-refractivity contribution in [3.05, 3.63) is 127 Å². The van der Waals surface area contributed by atoms with Gasteiger partial charge in [-0.3, -0.25) is 0 Å². The standard InChI is InChI=1S/C31H30FNP.HI/c32-30-21-13-14-26-22-24-33(31(26)30)23-11-4-12-25-34(27-15-5-1-6-16-27,28-17-7-2-8-18-28)29-19-9-3-10-20-29;/h1-3,5-10,13-22,24H,4,11-12,23,25H2;1H/q+1;/p-1. The quantitative estimate of drug-likeness (QED) is 0.139. The molecule has 35 heavy (non-hydrogen) atoms. The highest BCUT2D eigenvalue weighted by atomic mass is 127. The van der Waals surface area contributed by atoms with E-state index >= 15 is 0 Å². The normalized spacial score (nSPS) is 11.3. The van der Waals surface area contributed by atoms with Crippen LogP contribution in [0, 0.1) is 5.82 Å². The molecule has 0 amide bonds. The Morgan fingerprint density at radius 1 is 0.571 bits per heavy atom. The van der Waals surface area contributed by atoms with Gasteiger partial charge in [0.1, 0.15) is 29.0 Å². The Kier molecular flexibility index (Phi) is 8.75. The van der Waals surface area contributed by atoms with Gasteiger partial charge in [-0.2, -0.15) is 0 Å². The van der Waals surface area contributed by atoms with Crippen LogP contribution in [-0.4, -0.2) is 10.7 Å². The van der Waals surface area contributed by atoms with E-state index < -0.39 is 7.26 Å². The molecular weight excluding hydrogens is 563 g/mol. The van der Waals surface area contributed by atoms with Crippen molar-refractivity contribution in [1.82, 2.24) is 4.57 Å². The minimum atomic E-state index is -1.77. The highest BCUT2D eigenvalue weighted by Gasteiger charge is 2.44. The molecule has 0 aliphatic heterocycles. The predicted octanol–water partition coefficient (Wildman–Crippen LogP) is 3.95. The summed E-state index contributed by atoms with van der Waals surface area (Å²) in [7, 11) is -1.77. The van der Waals surface area contributed by atoms with Crippen molar-refractivity contribution in [1.29, 1.82) is 0 Å². The molecule has 0 N–H and O–H groups in total. The average Bonchev–Trinajstić information content (AvgIpc) is 3.32. The van der Waals surface area contributed by atoms with Gasteiger partial charge in [-0.15, -0.1) is 0 Å². The van der Waals surface area contributed by atoms with E-state index in [0.717, 1.165) is 42.9 Å². The first-order valence-electron chi connectivity index (χ1n) is 12.1. The zero-order chi connectivity index (χ0) is 23.2. The Hall–Kier alpha value is -2.49. The second-order valence-corrected chi connectivity index (χ2v) is 12.4. The van der Waals surface area contributed by atoms with Crippen molar-refractivity contribution >= 4 is 34.1 Å². The molecule has 0 unspecified atom stereocenters.